The van der Waals surface area contributed by atoms with Crippen molar-refractivity contribution in [1.29, 1.82) is 0 Å². The summed E-state index contributed by atoms with van der Waals surface area (Å²) in [5.41, 5.74) is 0.410. The van der Waals surface area contributed by atoms with Gasteiger partial charge in [-0.1, -0.05) is 0 Å². The van der Waals surface area contributed by atoms with Crippen LogP contribution in [0.3, 0.4) is 0 Å². The SMILES string of the molecule is COC(=O)CCN(CC1CCCO1)C(=O)c1ccn[nH]1. The standard InChI is InChI=1S/C13H19N3O4/c1-19-12(17)5-7-16(9-10-3-2-8-20-10)13(18)11-4-6-14-15-11/h4,6,10H,2-3,5,7-9H2,1H3,(H,14,15). The second kappa shape index (κ2) is 7.04. The summed E-state index contributed by atoms with van der Waals surface area (Å²) in [4.78, 5) is 25.2. The fourth-order valence-electron chi connectivity index (χ4n) is 2.18. The molecule has 0 spiro atoms. The first kappa shape index (κ1) is 14.5. The van der Waals surface area contributed by atoms with Gasteiger partial charge in [0.25, 0.3) is 5.91 Å². The molecule has 1 atom stereocenters. The van der Waals surface area contributed by atoms with Crippen LogP contribution in [0, 0.1) is 0 Å². The van der Waals surface area contributed by atoms with Gasteiger partial charge in [-0.2, -0.15) is 5.10 Å². The van der Waals surface area contributed by atoms with Crippen molar-refractivity contribution in [1.82, 2.24) is 15.1 Å². The summed E-state index contributed by atoms with van der Waals surface area (Å²) in [6, 6.07) is 1.61. The molecule has 2 heterocycles. The molecule has 1 aromatic heterocycles. The maximum Gasteiger partial charge on any atom is 0.307 e. The lowest BCUT2D eigenvalue weighted by atomic mass is 10.2. The molecule has 1 aliphatic heterocycles. The third-order valence-corrected chi connectivity index (χ3v) is 3.28. The van der Waals surface area contributed by atoms with Crippen molar-refractivity contribution in [2.75, 3.05) is 26.8 Å². The molecule has 1 fully saturated rings. The molecule has 1 N–H and O–H groups in total. The molecule has 0 bridgehead atoms. The van der Waals surface area contributed by atoms with Gasteiger partial charge in [0.1, 0.15) is 5.69 Å². The van der Waals surface area contributed by atoms with Crippen LogP contribution in [0.1, 0.15) is 29.8 Å². The van der Waals surface area contributed by atoms with Crippen LogP contribution in [0.15, 0.2) is 12.3 Å². The predicted molar refractivity (Wildman–Crippen MR) is 70.1 cm³/mol. The zero-order chi connectivity index (χ0) is 14.4. The number of aromatic nitrogens is 2. The van der Waals surface area contributed by atoms with Crippen molar-refractivity contribution in [3.8, 4) is 0 Å². The van der Waals surface area contributed by atoms with Gasteiger partial charge in [0.05, 0.1) is 19.6 Å². The first-order chi connectivity index (χ1) is 9.70. The summed E-state index contributed by atoms with van der Waals surface area (Å²) in [5, 5.41) is 6.42. The molecule has 7 nitrogen and oxygen atoms in total. The Labute approximate surface area is 117 Å². The number of ether oxygens (including phenoxy) is 2. The Morgan fingerprint density at radius 3 is 3.05 bits per heavy atom. The molecule has 0 aromatic carbocycles. The molecular formula is C13H19N3O4. The minimum atomic E-state index is -0.334. The van der Waals surface area contributed by atoms with Crippen molar-refractivity contribution in [3.63, 3.8) is 0 Å². The number of nitrogens with one attached hydrogen (secondary N) is 1. The molecule has 110 valence electrons. The normalized spacial score (nSPS) is 17.9. The Bertz CT molecular complexity index is 440. The van der Waals surface area contributed by atoms with Crippen LogP contribution < -0.4 is 0 Å². The molecule has 0 radical (unpaired) electrons. The number of rotatable bonds is 6. The minimum Gasteiger partial charge on any atom is -0.469 e. The van der Waals surface area contributed by atoms with E-state index in [0.717, 1.165) is 19.4 Å². The third-order valence-electron chi connectivity index (χ3n) is 3.28. The minimum absolute atomic E-state index is 0.0412. The summed E-state index contributed by atoms with van der Waals surface area (Å²) in [5.74, 6) is -0.512. The molecule has 0 saturated carbocycles. The Hall–Kier alpha value is -1.89. The molecule has 1 unspecified atom stereocenters. The predicted octanol–water partition coefficient (Wildman–Crippen LogP) is 0.594. The topological polar surface area (TPSA) is 84.5 Å². The third kappa shape index (κ3) is 3.80. The highest BCUT2D eigenvalue weighted by molar-refractivity contribution is 5.92. The van der Waals surface area contributed by atoms with Crippen molar-refractivity contribution >= 4 is 11.9 Å². The van der Waals surface area contributed by atoms with Crippen molar-refractivity contribution < 1.29 is 19.1 Å². The van der Waals surface area contributed by atoms with E-state index in [1.807, 2.05) is 0 Å². The van der Waals surface area contributed by atoms with Crippen LogP contribution in [-0.2, 0) is 14.3 Å². The number of methoxy groups -OCH3 is 1. The Morgan fingerprint density at radius 2 is 2.45 bits per heavy atom. The van der Waals surface area contributed by atoms with E-state index in [1.165, 1.54) is 13.3 Å². The molecule has 2 rings (SSSR count). The quantitative estimate of drug-likeness (QED) is 0.772. The van der Waals surface area contributed by atoms with Crippen LogP contribution in [-0.4, -0.2) is 59.9 Å². The Kier molecular flexibility index (Phi) is 5.11. The van der Waals surface area contributed by atoms with Gasteiger partial charge in [0.2, 0.25) is 0 Å². The van der Waals surface area contributed by atoms with E-state index in [-0.39, 0.29) is 24.4 Å². The largest absolute Gasteiger partial charge is 0.469 e. The summed E-state index contributed by atoms with van der Waals surface area (Å²) < 4.78 is 10.2. The monoisotopic (exact) mass is 281 g/mol. The summed E-state index contributed by atoms with van der Waals surface area (Å²) >= 11 is 0. The highest BCUT2D eigenvalue weighted by atomic mass is 16.5. The maximum atomic E-state index is 12.3. The van der Waals surface area contributed by atoms with Crippen LogP contribution >= 0.6 is 0 Å². The zero-order valence-corrected chi connectivity index (χ0v) is 11.5. The molecule has 1 saturated heterocycles. The van der Waals surface area contributed by atoms with Crippen molar-refractivity contribution in [3.05, 3.63) is 18.0 Å². The lowest BCUT2D eigenvalue weighted by Gasteiger charge is -2.24. The summed E-state index contributed by atoms with van der Waals surface area (Å²) in [7, 11) is 1.34. The van der Waals surface area contributed by atoms with Gasteiger partial charge in [0.15, 0.2) is 0 Å². The number of nitrogens with zero attached hydrogens (tertiary/aromatic N) is 2. The van der Waals surface area contributed by atoms with E-state index in [2.05, 4.69) is 14.9 Å². The van der Waals surface area contributed by atoms with E-state index < -0.39 is 0 Å². The fourth-order valence-corrected chi connectivity index (χ4v) is 2.18. The number of hydrogen-bond acceptors (Lipinski definition) is 5. The van der Waals surface area contributed by atoms with E-state index in [0.29, 0.717) is 18.8 Å². The number of H-pyrrole nitrogens is 1. The molecule has 1 aliphatic rings. The number of aromatic amines is 1. The van der Waals surface area contributed by atoms with E-state index in [1.54, 1.807) is 11.0 Å². The van der Waals surface area contributed by atoms with Crippen LogP contribution in [0.5, 0.6) is 0 Å². The van der Waals surface area contributed by atoms with Crippen LogP contribution in [0.4, 0.5) is 0 Å². The number of amides is 1. The lowest BCUT2D eigenvalue weighted by molar-refractivity contribution is -0.140. The number of esters is 1. The van der Waals surface area contributed by atoms with Gasteiger partial charge >= 0.3 is 5.97 Å². The van der Waals surface area contributed by atoms with Crippen LogP contribution in [0.25, 0.3) is 0 Å². The molecule has 7 heteroatoms. The van der Waals surface area contributed by atoms with Gasteiger partial charge in [-0.15, -0.1) is 0 Å². The first-order valence-electron chi connectivity index (χ1n) is 6.67. The van der Waals surface area contributed by atoms with Crippen LogP contribution in [0.2, 0.25) is 0 Å². The molecule has 1 amide bonds. The first-order valence-corrected chi connectivity index (χ1v) is 6.67. The lowest BCUT2D eigenvalue weighted by Crippen LogP contribution is -2.39. The van der Waals surface area contributed by atoms with Gasteiger partial charge < -0.3 is 14.4 Å². The number of hydrogen-bond donors (Lipinski definition) is 1. The van der Waals surface area contributed by atoms with Gasteiger partial charge in [-0.3, -0.25) is 14.7 Å². The molecule has 20 heavy (non-hydrogen) atoms. The molecular weight excluding hydrogens is 262 g/mol. The van der Waals surface area contributed by atoms with Gasteiger partial charge in [-0.05, 0) is 18.9 Å². The highest BCUT2D eigenvalue weighted by Crippen LogP contribution is 2.15. The van der Waals surface area contributed by atoms with Crippen molar-refractivity contribution in [2.24, 2.45) is 0 Å². The smallest absolute Gasteiger partial charge is 0.307 e. The second-order valence-corrected chi connectivity index (χ2v) is 4.68. The van der Waals surface area contributed by atoms with E-state index >= 15 is 0 Å². The number of carbonyl (C=O) groups excluding carboxylic acids is 2. The Balaban J connectivity index is 1.98. The molecule has 0 aliphatic carbocycles. The Morgan fingerprint density at radius 1 is 1.60 bits per heavy atom. The second-order valence-electron chi connectivity index (χ2n) is 4.68. The van der Waals surface area contributed by atoms with Gasteiger partial charge in [0, 0.05) is 25.9 Å². The van der Waals surface area contributed by atoms with Gasteiger partial charge in [-0.25, -0.2) is 0 Å². The highest BCUT2D eigenvalue weighted by Gasteiger charge is 2.24. The van der Waals surface area contributed by atoms with E-state index in [9.17, 15) is 9.59 Å². The maximum absolute atomic E-state index is 12.3. The zero-order valence-electron chi connectivity index (χ0n) is 11.5. The molecule has 1 aromatic rings. The fraction of sp³-hybridized carbons (Fsp3) is 0.615. The summed E-state index contributed by atoms with van der Waals surface area (Å²) in [6.07, 6.45) is 3.68. The van der Waals surface area contributed by atoms with Crippen molar-refractivity contribution in [2.45, 2.75) is 25.4 Å². The number of carbonyl (C=O) groups is 2. The average Bonchev–Trinajstić information content (AvgIpc) is 3.14. The average molecular weight is 281 g/mol. The summed E-state index contributed by atoms with van der Waals surface area (Å²) in [6.45, 7) is 1.52. The van der Waals surface area contributed by atoms with E-state index in [4.69, 9.17) is 4.74 Å².